The number of fused-ring (bicyclic) bond motifs is 5. The molecule has 0 heterocycles. The van der Waals surface area contributed by atoms with E-state index in [-0.39, 0.29) is 54.1 Å². The Balaban J connectivity index is 1.40. The second-order valence-electron chi connectivity index (χ2n) is 12.2. The van der Waals surface area contributed by atoms with E-state index in [0.29, 0.717) is 38.5 Å². The Bertz CT molecular complexity index is 960. The molecule has 3 fully saturated rings. The number of aliphatic hydroxyl groups excluding tert-OH is 1. The maximum atomic E-state index is 12.7. The number of primary amides is 1. The van der Waals surface area contributed by atoms with Gasteiger partial charge >= 0.3 is 11.9 Å². The summed E-state index contributed by atoms with van der Waals surface area (Å²) in [6.45, 7) is 4.17. The van der Waals surface area contributed by atoms with Crippen molar-refractivity contribution in [2.24, 2.45) is 34.3 Å². The first-order valence-electron chi connectivity index (χ1n) is 13.6. The van der Waals surface area contributed by atoms with Crippen LogP contribution in [0.5, 0.6) is 0 Å². The molecule has 36 heavy (non-hydrogen) atoms. The summed E-state index contributed by atoms with van der Waals surface area (Å²) < 4.78 is 5.03. The molecule has 0 spiro atoms. The Kier molecular flexibility index (Phi) is 7.50. The third-order valence-corrected chi connectivity index (χ3v) is 10.2. The lowest BCUT2D eigenvalue weighted by Crippen LogP contribution is -2.60. The summed E-state index contributed by atoms with van der Waals surface area (Å²) >= 11 is 0. The molecule has 4 aliphatic carbocycles. The standard InChI is InChI=1S/C28H41NO7/c1-26-12-10-18(30)14-17(26)8-9-19-20-11-13-28(35,27(20,2)15-21(31)25(19)26)16-24(34)36-23(33)7-5-3-4-6-22(29)32/h14,19-21,25,31,35H,3-13,15-16H2,1-2H3,(H2,29,32)/t19-,20-,21-,25+,26-,27-,28-/m0/s1. The Morgan fingerprint density at radius 3 is 2.50 bits per heavy atom. The lowest BCUT2D eigenvalue weighted by molar-refractivity contribution is -0.184. The van der Waals surface area contributed by atoms with Gasteiger partial charge in [0.05, 0.1) is 18.1 Å². The number of carbonyl (C=O) groups excluding carboxylic acids is 4. The summed E-state index contributed by atoms with van der Waals surface area (Å²) in [5, 5.41) is 23.2. The van der Waals surface area contributed by atoms with Crippen molar-refractivity contribution in [1.29, 1.82) is 0 Å². The number of amides is 1. The van der Waals surface area contributed by atoms with Gasteiger partial charge in [0.2, 0.25) is 5.91 Å². The SMILES string of the molecule is C[C@]12CCC(=O)C=C1CC[C@@H]1[C@@H]2[C@@H](O)C[C@@]2(C)[C@H]1CC[C@]2(O)CC(=O)OC(=O)CCCCCC(N)=O. The molecule has 0 aromatic carbocycles. The summed E-state index contributed by atoms with van der Waals surface area (Å²) in [7, 11) is 0. The van der Waals surface area contributed by atoms with Crippen molar-refractivity contribution in [2.45, 2.75) is 109 Å². The van der Waals surface area contributed by atoms with Crippen LogP contribution in [0.2, 0.25) is 0 Å². The van der Waals surface area contributed by atoms with Crippen molar-refractivity contribution in [3.8, 4) is 0 Å². The number of hydrogen-bond acceptors (Lipinski definition) is 7. The van der Waals surface area contributed by atoms with Crippen LogP contribution in [0.15, 0.2) is 11.6 Å². The number of hydrogen-bond donors (Lipinski definition) is 3. The minimum absolute atomic E-state index is 0.0362. The number of ketones is 1. The summed E-state index contributed by atoms with van der Waals surface area (Å²) in [5.74, 6) is -1.17. The van der Waals surface area contributed by atoms with Gasteiger partial charge in [0.1, 0.15) is 0 Å². The molecule has 0 aliphatic heterocycles. The molecule has 0 unspecified atom stereocenters. The molecule has 200 valence electrons. The molecule has 0 aromatic heterocycles. The first kappa shape index (κ1) is 27.0. The fraction of sp³-hybridized carbons (Fsp3) is 0.786. The Labute approximate surface area is 213 Å². The number of carbonyl (C=O) groups is 4. The van der Waals surface area contributed by atoms with Crippen LogP contribution in [0.4, 0.5) is 0 Å². The molecule has 0 radical (unpaired) electrons. The van der Waals surface area contributed by atoms with E-state index in [9.17, 15) is 29.4 Å². The predicted molar refractivity (Wildman–Crippen MR) is 131 cm³/mol. The van der Waals surface area contributed by atoms with Crippen molar-refractivity contribution >= 4 is 23.6 Å². The van der Waals surface area contributed by atoms with Crippen molar-refractivity contribution in [1.82, 2.24) is 0 Å². The number of rotatable bonds is 8. The Morgan fingerprint density at radius 2 is 1.78 bits per heavy atom. The monoisotopic (exact) mass is 503 g/mol. The highest BCUT2D eigenvalue weighted by Crippen LogP contribution is 2.68. The van der Waals surface area contributed by atoms with E-state index in [2.05, 4.69) is 6.92 Å². The van der Waals surface area contributed by atoms with Crippen LogP contribution in [0.3, 0.4) is 0 Å². The molecule has 0 aromatic rings. The largest absolute Gasteiger partial charge is 0.393 e. The van der Waals surface area contributed by atoms with E-state index in [1.165, 1.54) is 0 Å². The van der Waals surface area contributed by atoms with E-state index >= 15 is 0 Å². The zero-order valence-corrected chi connectivity index (χ0v) is 21.6. The molecule has 8 nitrogen and oxygen atoms in total. The molecule has 7 atom stereocenters. The van der Waals surface area contributed by atoms with Gasteiger partial charge in [-0.05, 0) is 80.6 Å². The van der Waals surface area contributed by atoms with Crippen molar-refractivity contribution in [3.63, 3.8) is 0 Å². The first-order valence-corrected chi connectivity index (χ1v) is 13.6. The normalized spacial score (nSPS) is 39.4. The molecular weight excluding hydrogens is 462 g/mol. The topological polar surface area (TPSA) is 144 Å². The predicted octanol–water partition coefficient (Wildman–Crippen LogP) is 3.12. The van der Waals surface area contributed by atoms with Gasteiger partial charge in [-0.2, -0.15) is 0 Å². The maximum absolute atomic E-state index is 12.7. The van der Waals surface area contributed by atoms with Crippen LogP contribution in [-0.2, 0) is 23.9 Å². The van der Waals surface area contributed by atoms with Crippen LogP contribution < -0.4 is 5.73 Å². The Morgan fingerprint density at radius 1 is 1.06 bits per heavy atom. The van der Waals surface area contributed by atoms with E-state index in [1.807, 2.05) is 6.92 Å². The zero-order valence-electron chi connectivity index (χ0n) is 21.6. The lowest BCUT2D eigenvalue weighted by Gasteiger charge is -2.60. The van der Waals surface area contributed by atoms with Crippen molar-refractivity contribution in [2.75, 3.05) is 0 Å². The average Bonchev–Trinajstić information content (AvgIpc) is 3.03. The minimum Gasteiger partial charge on any atom is -0.393 e. The maximum Gasteiger partial charge on any atom is 0.316 e. The molecular formula is C28H41NO7. The molecule has 4 rings (SSSR count). The highest BCUT2D eigenvalue weighted by molar-refractivity contribution is 5.91. The molecule has 0 bridgehead atoms. The second kappa shape index (κ2) is 10.0. The zero-order chi connectivity index (χ0) is 26.3. The number of ether oxygens (including phenoxy) is 1. The van der Waals surface area contributed by atoms with Crippen molar-refractivity contribution < 1.29 is 34.1 Å². The quantitative estimate of drug-likeness (QED) is 0.262. The van der Waals surface area contributed by atoms with Gasteiger partial charge in [-0.1, -0.05) is 25.8 Å². The van der Waals surface area contributed by atoms with Gasteiger partial charge in [-0.25, -0.2) is 0 Å². The molecule has 8 heteroatoms. The van der Waals surface area contributed by atoms with Crippen LogP contribution in [-0.4, -0.2) is 45.5 Å². The van der Waals surface area contributed by atoms with Crippen LogP contribution in [0.1, 0.15) is 97.3 Å². The highest BCUT2D eigenvalue weighted by atomic mass is 16.6. The summed E-state index contributed by atoms with van der Waals surface area (Å²) in [6.07, 6.45) is 7.49. The smallest absolute Gasteiger partial charge is 0.316 e. The van der Waals surface area contributed by atoms with Gasteiger partial charge in [-0.3, -0.25) is 19.2 Å². The van der Waals surface area contributed by atoms with Crippen LogP contribution in [0, 0.1) is 28.6 Å². The van der Waals surface area contributed by atoms with Crippen LogP contribution in [0.25, 0.3) is 0 Å². The fourth-order valence-corrected chi connectivity index (χ4v) is 8.27. The van der Waals surface area contributed by atoms with Crippen LogP contribution >= 0.6 is 0 Å². The molecule has 4 aliphatic rings. The lowest BCUT2D eigenvalue weighted by atomic mass is 9.45. The third kappa shape index (κ3) is 4.78. The molecule has 4 N–H and O–H groups in total. The van der Waals surface area contributed by atoms with E-state index in [0.717, 1.165) is 31.3 Å². The summed E-state index contributed by atoms with van der Waals surface area (Å²) in [6, 6.07) is 0. The molecule has 1 amide bonds. The first-order chi connectivity index (χ1) is 16.9. The molecule has 3 saturated carbocycles. The number of nitrogens with two attached hydrogens (primary N) is 1. The van der Waals surface area contributed by atoms with Gasteiger partial charge in [0, 0.05) is 24.7 Å². The highest BCUT2D eigenvalue weighted by Gasteiger charge is 2.66. The molecule has 0 saturated heterocycles. The van der Waals surface area contributed by atoms with Gasteiger partial charge in [0.15, 0.2) is 5.78 Å². The van der Waals surface area contributed by atoms with E-state index in [1.54, 1.807) is 6.08 Å². The van der Waals surface area contributed by atoms with Gasteiger partial charge in [-0.15, -0.1) is 0 Å². The fourth-order valence-electron chi connectivity index (χ4n) is 8.27. The van der Waals surface area contributed by atoms with Gasteiger partial charge < -0.3 is 20.7 Å². The van der Waals surface area contributed by atoms with E-state index < -0.39 is 29.1 Å². The van der Waals surface area contributed by atoms with Gasteiger partial charge in [0.25, 0.3) is 0 Å². The minimum atomic E-state index is -1.35. The Hall–Kier alpha value is -2.06. The summed E-state index contributed by atoms with van der Waals surface area (Å²) in [4.78, 5) is 47.7. The number of aliphatic hydroxyl groups is 2. The van der Waals surface area contributed by atoms with Crippen molar-refractivity contribution in [3.05, 3.63) is 11.6 Å². The van der Waals surface area contributed by atoms with E-state index in [4.69, 9.17) is 10.5 Å². The summed E-state index contributed by atoms with van der Waals surface area (Å²) in [5.41, 5.74) is 4.05. The average molecular weight is 504 g/mol. The second-order valence-corrected chi connectivity index (χ2v) is 12.2. The third-order valence-electron chi connectivity index (χ3n) is 10.2. The number of esters is 2. The number of allylic oxidation sites excluding steroid dienone is 1. The number of unbranched alkanes of at least 4 members (excludes halogenated alkanes) is 2.